The Morgan fingerprint density at radius 1 is 1.32 bits per heavy atom. The summed E-state index contributed by atoms with van der Waals surface area (Å²) in [4.78, 5) is 35.2. The van der Waals surface area contributed by atoms with E-state index < -0.39 is 17.9 Å². The number of carboxylic acid groups (broad SMARTS) is 1. The lowest BCUT2D eigenvalue weighted by Gasteiger charge is -2.21. The van der Waals surface area contributed by atoms with E-state index in [1.165, 1.54) is 26.8 Å². The van der Waals surface area contributed by atoms with Gasteiger partial charge in [0.15, 0.2) is 0 Å². The predicted octanol–water partition coefficient (Wildman–Crippen LogP) is 0.614. The lowest BCUT2D eigenvalue weighted by molar-refractivity contribution is -0.148. The molecule has 2 amide bonds. The monoisotopic (exact) mass is 270 g/mol. The molecule has 1 unspecified atom stereocenters. The Morgan fingerprint density at radius 2 is 1.89 bits per heavy atom. The van der Waals surface area contributed by atoms with Crippen molar-refractivity contribution in [1.82, 2.24) is 10.2 Å². The van der Waals surface area contributed by atoms with Crippen molar-refractivity contribution in [2.45, 2.75) is 45.1 Å². The fourth-order valence-electron chi connectivity index (χ4n) is 2.23. The lowest BCUT2D eigenvalue weighted by atomic mass is 10.0. The van der Waals surface area contributed by atoms with Crippen LogP contribution in [-0.4, -0.2) is 47.4 Å². The molecule has 1 rings (SSSR count). The molecule has 0 aromatic carbocycles. The van der Waals surface area contributed by atoms with Crippen molar-refractivity contribution in [2.24, 2.45) is 5.92 Å². The second-order valence-electron chi connectivity index (χ2n) is 5.15. The van der Waals surface area contributed by atoms with Gasteiger partial charge in [0.2, 0.25) is 11.8 Å². The number of aliphatic carboxylic acids is 1. The molecule has 0 heterocycles. The maximum atomic E-state index is 11.7. The zero-order valence-corrected chi connectivity index (χ0v) is 11.5. The minimum Gasteiger partial charge on any atom is -0.480 e. The molecule has 0 aromatic rings. The molecular formula is C13H22N2O4. The molecule has 1 fully saturated rings. The molecule has 0 radical (unpaired) electrons. The predicted molar refractivity (Wildman–Crippen MR) is 69.5 cm³/mol. The van der Waals surface area contributed by atoms with E-state index in [2.05, 4.69) is 5.32 Å². The third-order valence-electron chi connectivity index (χ3n) is 3.72. The summed E-state index contributed by atoms with van der Waals surface area (Å²) in [7, 11) is 1.42. The Labute approximate surface area is 113 Å². The van der Waals surface area contributed by atoms with Gasteiger partial charge in [-0.3, -0.25) is 9.59 Å². The maximum absolute atomic E-state index is 11.7. The smallest absolute Gasteiger partial charge is 0.326 e. The molecule has 19 heavy (non-hydrogen) atoms. The van der Waals surface area contributed by atoms with Gasteiger partial charge in [0.25, 0.3) is 0 Å². The molecule has 108 valence electrons. The number of likely N-dealkylation sites (N-methyl/N-ethyl adjacent to an activating group) is 1. The zero-order chi connectivity index (χ0) is 14.4. The second kappa shape index (κ2) is 7.11. The fourth-order valence-corrected chi connectivity index (χ4v) is 2.23. The van der Waals surface area contributed by atoms with Crippen LogP contribution < -0.4 is 5.32 Å². The number of nitrogens with one attached hydrogen (secondary N) is 1. The molecule has 0 saturated heterocycles. The van der Waals surface area contributed by atoms with Crippen LogP contribution in [0.2, 0.25) is 0 Å². The summed E-state index contributed by atoms with van der Waals surface area (Å²) in [5.41, 5.74) is 0. The van der Waals surface area contributed by atoms with E-state index in [-0.39, 0.29) is 12.5 Å². The van der Waals surface area contributed by atoms with Crippen molar-refractivity contribution in [3.63, 3.8) is 0 Å². The van der Waals surface area contributed by atoms with Crippen LogP contribution in [0.3, 0.4) is 0 Å². The first kappa shape index (κ1) is 15.5. The van der Waals surface area contributed by atoms with Crippen LogP contribution >= 0.6 is 0 Å². The second-order valence-corrected chi connectivity index (χ2v) is 5.15. The maximum Gasteiger partial charge on any atom is 0.326 e. The number of carbonyl (C=O) groups excluding carboxylic acids is 2. The molecule has 1 aliphatic rings. The number of carboxylic acids is 1. The molecule has 0 aliphatic heterocycles. The fraction of sp³-hybridized carbons (Fsp3) is 0.769. The van der Waals surface area contributed by atoms with Gasteiger partial charge in [0.05, 0.1) is 6.54 Å². The third kappa shape index (κ3) is 4.89. The van der Waals surface area contributed by atoms with E-state index >= 15 is 0 Å². The van der Waals surface area contributed by atoms with E-state index in [1.807, 2.05) is 0 Å². The van der Waals surface area contributed by atoms with E-state index in [9.17, 15) is 14.4 Å². The molecule has 1 atom stereocenters. The standard InChI is InChI=1S/C13H22N2O4/c1-9(13(18)19)15(2)12(17)8-14-11(16)7-10-5-3-4-6-10/h9-10H,3-8H2,1-2H3,(H,14,16)(H,18,19). The number of hydrogen-bond donors (Lipinski definition) is 2. The zero-order valence-electron chi connectivity index (χ0n) is 11.5. The van der Waals surface area contributed by atoms with Gasteiger partial charge in [0, 0.05) is 13.5 Å². The molecule has 1 saturated carbocycles. The summed E-state index contributed by atoms with van der Waals surface area (Å²) in [6, 6.07) is -0.890. The van der Waals surface area contributed by atoms with Gasteiger partial charge in [0.1, 0.15) is 6.04 Å². The SMILES string of the molecule is CC(C(=O)O)N(C)C(=O)CNC(=O)CC1CCCC1. The normalized spacial score (nSPS) is 16.9. The van der Waals surface area contributed by atoms with Crippen LogP contribution in [0, 0.1) is 5.92 Å². The topological polar surface area (TPSA) is 86.7 Å². The first-order chi connectivity index (χ1) is 8.91. The first-order valence-electron chi connectivity index (χ1n) is 6.67. The van der Waals surface area contributed by atoms with E-state index in [0.717, 1.165) is 17.7 Å². The van der Waals surface area contributed by atoms with Crippen molar-refractivity contribution in [2.75, 3.05) is 13.6 Å². The molecule has 2 N–H and O–H groups in total. The Kier molecular flexibility index (Phi) is 5.79. The summed E-state index contributed by atoms with van der Waals surface area (Å²) >= 11 is 0. The summed E-state index contributed by atoms with van der Waals surface area (Å²) < 4.78 is 0. The Hall–Kier alpha value is -1.59. The van der Waals surface area contributed by atoms with Gasteiger partial charge in [-0.25, -0.2) is 4.79 Å². The van der Waals surface area contributed by atoms with Crippen molar-refractivity contribution < 1.29 is 19.5 Å². The van der Waals surface area contributed by atoms with Gasteiger partial charge in [-0.1, -0.05) is 12.8 Å². The highest BCUT2D eigenvalue weighted by molar-refractivity contribution is 5.87. The van der Waals surface area contributed by atoms with Crippen molar-refractivity contribution in [3.05, 3.63) is 0 Å². The molecule has 0 bridgehead atoms. The van der Waals surface area contributed by atoms with Crippen LogP contribution in [0.1, 0.15) is 39.0 Å². The molecule has 6 nitrogen and oxygen atoms in total. The number of hydrogen-bond acceptors (Lipinski definition) is 3. The third-order valence-corrected chi connectivity index (χ3v) is 3.72. The van der Waals surface area contributed by atoms with Gasteiger partial charge in [-0.15, -0.1) is 0 Å². The van der Waals surface area contributed by atoms with Crippen LogP contribution in [0.25, 0.3) is 0 Å². The Balaban J connectivity index is 2.28. The van der Waals surface area contributed by atoms with Crippen LogP contribution in [0.5, 0.6) is 0 Å². The summed E-state index contributed by atoms with van der Waals surface area (Å²) in [5.74, 6) is -1.15. The minimum atomic E-state index is -1.06. The van der Waals surface area contributed by atoms with Crippen LogP contribution in [-0.2, 0) is 14.4 Å². The van der Waals surface area contributed by atoms with Crippen molar-refractivity contribution in [3.8, 4) is 0 Å². The highest BCUT2D eigenvalue weighted by Gasteiger charge is 2.23. The minimum absolute atomic E-state index is 0.128. The lowest BCUT2D eigenvalue weighted by Crippen LogP contribution is -2.45. The summed E-state index contributed by atoms with van der Waals surface area (Å²) in [6.45, 7) is 1.29. The van der Waals surface area contributed by atoms with Crippen LogP contribution in [0.4, 0.5) is 0 Å². The Morgan fingerprint density at radius 3 is 2.42 bits per heavy atom. The number of nitrogens with zero attached hydrogens (tertiary/aromatic N) is 1. The van der Waals surface area contributed by atoms with Gasteiger partial charge >= 0.3 is 5.97 Å². The van der Waals surface area contributed by atoms with Crippen LogP contribution in [0.15, 0.2) is 0 Å². The van der Waals surface area contributed by atoms with E-state index in [4.69, 9.17) is 5.11 Å². The van der Waals surface area contributed by atoms with E-state index in [1.54, 1.807) is 0 Å². The quantitative estimate of drug-likeness (QED) is 0.740. The first-order valence-corrected chi connectivity index (χ1v) is 6.67. The molecule has 0 spiro atoms. The average Bonchev–Trinajstić information content (AvgIpc) is 2.86. The molecule has 1 aliphatic carbocycles. The largest absolute Gasteiger partial charge is 0.480 e. The van der Waals surface area contributed by atoms with Gasteiger partial charge < -0.3 is 15.3 Å². The number of amides is 2. The molecule has 0 aromatic heterocycles. The highest BCUT2D eigenvalue weighted by atomic mass is 16.4. The number of rotatable bonds is 6. The van der Waals surface area contributed by atoms with Gasteiger partial charge in [-0.05, 0) is 25.7 Å². The highest BCUT2D eigenvalue weighted by Crippen LogP contribution is 2.27. The summed E-state index contributed by atoms with van der Waals surface area (Å²) in [5, 5.41) is 11.3. The van der Waals surface area contributed by atoms with Crippen molar-refractivity contribution in [1.29, 1.82) is 0 Å². The molecular weight excluding hydrogens is 248 g/mol. The van der Waals surface area contributed by atoms with Crippen molar-refractivity contribution >= 4 is 17.8 Å². The van der Waals surface area contributed by atoms with Gasteiger partial charge in [-0.2, -0.15) is 0 Å². The summed E-state index contributed by atoms with van der Waals surface area (Å²) in [6.07, 6.45) is 4.98. The molecule has 6 heteroatoms. The van der Waals surface area contributed by atoms with E-state index in [0.29, 0.717) is 12.3 Å². The average molecular weight is 270 g/mol. The number of carbonyl (C=O) groups is 3. The Bertz CT molecular complexity index is 351.